The first kappa shape index (κ1) is 12.2. The van der Waals surface area contributed by atoms with Gasteiger partial charge in [0.2, 0.25) is 5.95 Å². The third-order valence-electron chi connectivity index (χ3n) is 3.29. The van der Waals surface area contributed by atoms with Crippen molar-refractivity contribution in [1.82, 2.24) is 9.55 Å². The fraction of sp³-hybridized carbons (Fsp3) is 0.214. The number of nitrogen functional groups attached to an aromatic ring is 1. The third kappa shape index (κ3) is 2.00. The van der Waals surface area contributed by atoms with Crippen molar-refractivity contribution in [2.45, 2.75) is 20.4 Å². The molecule has 3 rings (SSSR count). The van der Waals surface area contributed by atoms with Gasteiger partial charge in [-0.25, -0.2) is 9.37 Å². The molecule has 5 heteroatoms. The van der Waals surface area contributed by atoms with Crippen LogP contribution in [0.5, 0.6) is 0 Å². The molecule has 98 valence electrons. The molecule has 0 atom stereocenters. The smallest absolute Gasteiger partial charge is 0.201 e. The Morgan fingerprint density at radius 2 is 2.16 bits per heavy atom. The number of hydrogen-bond donors (Lipinski definition) is 1. The standard InChI is InChI=1S/C14H14FN3S/c1-8-6-10(19-9(8)2)7-18-12-5-3-4-11(15)13(12)17-14(18)16/h3-6H,7H2,1-2H3,(H2,16,17). The summed E-state index contributed by atoms with van der Waals surface area (Å²) in [6.07, 6.45) is 0. The molecule has 0 aliphatic heterocycles. The fourth-order valence-electron chi connectivity index (χ4n) is 2.18. The summed E-state index contributed by atoms with van der Waals surface area (Å²) in [6.45, 7) is 4.81. The zero-order valence-corrected chi connectivity index (χ0v) is 11.6. The number of para-hydroxylation sites is 1. The number of hydrogen-bond acceptors (Lipinski definition) is 3. The fourth-order valence-corrected chi connectivity index (χ4v) is 3.22. The van der Waals surface area contributed by atoms with Crippen LogP contribution in [0.15, 0.2) is 24.3 Å². The van der Waals surface area contributed by atoms with Crippen LogP contribution in [0.2, 0.25) is 0 Å². The van der Waals surface area contributed by atoms with Crippen molar-refractivity contribution in [1.29, 1.82) is 0 Å². The molecule has 0 amide bonds. The van der Waals surface area contributed by atoms with E-state index in [2.05, 4.69) is 24.9 Å². The molecule has 0 fully saturated rings. The van der Waals surface area contributed by atoms with Gasteiger partial charge in [0.25, 0.3) is 0 Å². The largest absolute Gasteiger partial charge is 0.369 e. The molecule has 3 aromatic rings. The van der Waals surface area contributed by atoms with Crippen LogP contribution in [0.25, 0.3) is 11.0 Å². The van der Waals surface area contributed by atoms with E-state index in [0.717, 1.165) is 5.52 Å². The van der Waals surface area contributed by atoms with Crippen LogP contribution in [0, 0.1) is 19.7 Å². The summed E-state index contributed by atoms with van der Waals surface area (Å²) in [5.41, 5.74) is 8.25. The van der Waals surface area contributed by atoms with E-state index >= 15 is 0 Å². The minimum atomic E-state index is -0.332. The Bertz CT molecular complexity index is 738. The van der Waals surface area contributed by atoms with E-state index in [9.17, 15) is 4.39 Å². The second-order valence-corrected chi connectivity index (χ2v) is 5.96. The van der Waals surface area contributed by atoms with Crippen LogP contribution in [0.3, 0.4) is 0 Å². The maximum atomic E-state index is 13.7. The molecule has 0 unspecified atom stereocenters. The lowest BCUT2D eigenvalue weighted by atomic mass is 10.2. The molecule has 19 heavy (non-hydrogen) atoms. The molecule has 3 nitrogen and oxygen atoms in total. The van der Waals surface area contributed by atoms with Gasteiger partial charge in [-0.05, 0) is 37.6 Å². The number of halogens is 1. The van der Waals surface area contributed by atoms with Crippen molar-refractivity contribution in [3.8, 4) is 0 Å². The predicted octanol–water partition coefficient (Wildman–Crippen LogP) is 3.48. The van der Waals surface area contributed by atoms with E-state index in [4.69, 9.17) is 5.73 Å². The van der Waals surface area contributed by atoms with Gasteiger partial charge < -0.3 is 10.3 Å². The number of anilines is 1. The monoisotopic (exact) mass is 275 g/mol. The number of imidazole rings is 1. The lowest BCUT2D eigenvalue weighted by molar-refractivity contribution is 0.637. The first-order valence-corrected chi connectivity index (χ1v) is 6.84. The van der Waals surface area contributed by atoms with E-state index in [1.807, 2.05) is 10.6 Å². The summed E-state index contributed by atoms with van der Waals surface area (Å²) in [6, 6.07) is 7.07. The van der Waals surface area contributed by atoms with Crippen LogP contribution in [-0.4, -0.2) is 9.55 Å². The van der Waals surface area contributed by atoms with Crippen LogP contribution in [0.4, 0.5) is 10.3 Å². The maximum absolute atomic E-state index is 13.7. The lowest BCUT2D eigenvalue weighted by Crippen LogP contribution is -2.03. The van der Waals surface area contributed by atoms with Crippen molar-refractivity contribution in [2.75, 3.05) is 5.73 Å². The first-order valence-electron chi connectivity index (χ1n) is 6.02. The van der Waals surface area contributed by atoms with Crippen molar-refractivity contribution < 1.29 is 4.39 Å². The van der Waals surface area contributed by atoms with Gasteiger partial charge >= 0.3 is 0 Å². The Kier molecular flexibility index (Phi) is 2.78. The number of fused-ring (bicyclic) bond motifs is 1. The van der Waals surface area contributed by atoms with Gasteiger partial charge in [0.15, 0.2) is 5.82 Å². The molecule has 0 saturated carbocycles. The van der Waals surface area contributed by atoms with Gasteiger partial charge in [0.05, 0.1) is 12.1 Å². The zero-order chi connectivity index (χ0) is 13.6. The molecule has 0 saturated heterocycles. The zero-order valence-electron chi connectivity index (χ0n) is 10.8. The highest BCUT2D eigenvalue weighted by atomic mass is 32.1. The third-order valence-corrected chi connectivity index (χ3v) is 4.43. The topological polar surface area (TPSA) is 43.8 Å². The first-order chi connectivity index (χ1) is 9.06. The number of rotatable bonds is 2. The molecule has 0 aliphatic rings. The van der Waals surface area contributed by atoms with Crippen LogP contribution >= 0.6 is 11.3 Å². The lowest BCUT2D eigenvalue weighted by Gasteiger charge is -2.04. The number of thiophene rings is 1. The van der Waals surface area contributed by atoms with Crippen molar-refractivity contribution in [3.63, 3.8) is 0 Å². The second-order valence-electron chi connectivity index (χ2n) is 4.62. The summed E-state index contributed by atoms with van der Waals surface area (Å²) in [5, 5.41) is 0. The SMILES string of the molecule is Cc1cc(Cn2c(N)nc3c(F)cccc32)sc1C. The van der Waals surface area contributed by atoms with Gasteiger partial charge in [-0.2, -0.15) is 0 Å². The quantitative estimate of drug-likeness (QED) is 0.778. The Hall–Kier alpha value is -1.88. The number of nitrogens with two attached hydrogens (primary N) is 1. The number of aromatic nitrogens is 2. The van der Waals surface area contributed by atoms with E-state index in [-0.39, 0.29) is 5.82 Å². The Morgan fingerprint density at radius 1 is 1.37 bits per heavy atom. The van der Waals surface area contributed by atoms with E-state index in [1.54, 1.807) is 17.4 Å². The summed E-state index contributed by atoms with van der Waals surface area (Å²) >= 11 is 1.74. The molecular formula is C14H14FN3S. The normalized spacial score (nSPS) is 11.3. The van der Waals surface area contributed by atoms with Gasteiger partial charge in [0.1, 0.15) is 5.52 Å². The van der Waals surface area contributed by atoms with E-state index in [0.29, 0.717) is 18.0 Å². The summed E-state index contributed by atoms with van der Waals surface area (Å²) in [4.78, 5) is 6.60. The van der Waals surface area contributed by atoms with Gasteiger partial charge in [-0.1, -0.05) is 6.07 Å². The van der Waals surface area contributed by atoms with Crippen molar-refractivity contribution in [2.24, 2.45) is 0 Å². The average molecular weight is 275 g/mol. The highest BCUT2D eigenvalue weighted by molar-refractivity contribution is 7.12. The molecule has 1 aromatic carbocycles. The minimum absolute atomic E-state index is 0.332. The molecule has 0 aliphatic carbocycles. The Labute approximate surface area is 114 Å². The summed E-state index contributed by atoms with van der Waals surface area (Å²) < 4.78 is 15.5. The van der Waals surface area contributed by atoms with Crippen LogP contribution in [0.1, 0.15) is 15.3 Å². The summed E-state index contributed by atoms with van der Waals surface area (Å²) in [5.74, 6) is 0.0188. The minimum Gasteiger partial charge on any atom is -0.369 e. The molecular weight excluding hydrogens is 261 g/mol. The second kappa shape index (κ2) is 4.35. The number of aryl methyl sites for hydroxylation is 2. The molecule has 0 spiro atoms. The molecule has 0 radical (unpaired) electrons. The van der Waals surface area contributed by atoms with Crippen molar-refractivity contribution in [3.05, 3.63) is 45.4 Å². The molecule has 0 bridgehead atoms. The molecule has 2 heterocycles. The van der Waals surface area contributed by atoms with E-state index < -0.39 is 0 Å². The van der Waals surface area contributed by atoms with Crippen molar-refractivity contribution >= 4 is 28.3 Å². The van der Waals surface area contributed by atoms with Crippen LogP contribution in [-0.2, 0) is 6.54 Å². The van der Waals surface area contributed by atoms with Crippen LogP contribution < -0.4 is 5.73 Å². The van der Waals surface area contributed by atoms with Gasteiger partial charge in [-0.15, -0.1) is 11.3 Å². The maximum Gasteiger partial charge on any atom is 0.201 e. The van der Waals surface area contributed by atoms with Gasteiger partial charge in [0, 0.05) is 9.75 Å². The molecule has 2 aromatic heterocycles. The highest BCUT2D eigenvalue weighted by Gasteiger charge is 2.12. The average Bonchev–Trinajstić information content (AvgIpc) is 2.84. The Balaban J connectivity index is 2.10. The Morgan fingerprint density at radius 3 is 2.84 bits per heavy atom. The predicted molar refractivity (Wildman–Crippen MR) is 77.0 cm³/mol. The summed E-state index contributed by atoms with van der Waals surface area (Å²) in [7, 11) is 0. The highest BCUT2D eigenvalue weighted by Crippen LogP contribution is 2.26. The van der Waals surface area contributed by atoms with E-state index in [1.165, 1.54) is 21.4 Å². The number of benzene rings is 1. The molecule has 2 N–H and O–H groups in total. The number of nitrogens with zero attached hydrogens (tertiary/aromatic N) is 2. The van der Waals surface area contributed by atoms with Gasteiger partial charge in [-0.3, -0.25) is 0 Å².